The van der Waals surface area contributed by atoms with E-state index in [0.29, 0.717) is 5.56 Å². The van der Waals surface area contributed by atoms with E-state index in [1.165, 1.54) is 6.07 Å². The van der Waals surface area contributed by atoms with E-state index in [0.717, 1.165) is 18.2 Å². The van der Waals surface area contributed by atoms with Crippen LogP contribution in [0.25, 0.3) is 11.3 Å². The van der Waals surface area contributed by atoms with Crippen molar-refractivity contribution in [1.29, 1.82) is 0 Å². The minimum absolute atomic E-state index is 0.0523. The van der Waals surface area contributed by atoms with Crippen LogP contribution in [0.15, 0.2) is 63.8 Å². The third kappa shape index (κ3) is 5.26. The van der Waals surface area contributed by atoms with Gasteiger partial charge in [0.15, 0.2) is 17.2 Å². The molecule has 2 aromatic carbocycles. The Hall–Kier alpha value is -4.10. The second-order valence-corrected chi connectivity index (χ2v) is 7.94. The Morgan fingerprint density at radius 2 is 1.56 bits per heavy atom. The molecule has 0 amide bonds. The Kier molecular flexibility index (Phi) is 7.12. The smallest absolute Gasteiger partial charge is 0.339 e. The maximum absolute atomic E-state index is 12.3. The SMILES string of the molecule is O=C(OC[C@H]1O[C@@H](Oc2cc(-c3ccccc3)oc(=O)c2)[C@H](O)[C@@H](O)[C@@H]1O)c1cc(O)c(O)c(O)c1. The summed E-state index contributed by atoms with van der Waals surface area (Å²) in [7, 11) is 0. The number of carbonyl (C=O) groups excluding carboxylic acids is 1. The fourth-order valence-corrected chi connectivity index (χ4v) is 3.52. The summed E-state index contributed by atoms with van der Waals surface area (Å²) >= 11 is 0. The number of benzene rings is 2. The van der Waals surface area contributed by atoms with Gasteiger partial charge in [0, 0.05) is 11.6 Å². The number of phenols is 3. The topological polar surface area (TPSA) is 196 Å². The third-order valence-electron chi connectivity index (χ3n) is 5.41. The van der Waals surface area contributed by atoms with Crippen LogP contribution >= 0.6 is 0 Å². The summed E-state index contributed by atoms with van der Waals surface area (Å²) in [5.74, 6) is -3.27. The lowest BCUT2D eigenvalue weighted by atomic mass is 9.99. The molecule has 0 saturated carbocycles. The fraction of sp³-hybridized carbons (Fsp3) is 0.250. The van der Waals surface area contributed by atoms with E-state index in [4.69, 9.17) is 18.6 Å². The molecule has 12 nitrogen and oxygen atoms in total. The average molecular weight is 502 g/mol. The molecular weight excluding hydrogens is 480 g/mol. The third-order valence-corrected chi connectivity index (χ3v) is 5.41. The molecule has 1 aliphatic rings. The van der Waals surface area contributed by atoms with Gasteiger partial charge in [0.05, 0.1) is 11.6 Å². The van der Waals surface area contributed by atoms with Crippen LogP contribution in [0, 0.1) is 0 Å². The van der Waals surface area contributed by atoms with Gasteiger partial charge in [-0.2, -0.15) is 0 Å². The maximum Gasteiger partial charge on any atom is 0.339 e. The van der Waals surface area contributed by atoms with Crippen molar-refractivity contribution >= 4 is 5.97 Å². The number of ether oxygens (including phenoxy) is 3. The second-order valence-electron chi connectivity index (χ2n) is 7.94. The molecule has 3 aromatic rings. The van der Waals surface area contributed by atoms with E-state index >= 15 is 0 Å². The molecule has 0 radical (unpaired) electrons. The van der Waals surface area contributed by atoms with Crippen molar-refractivity contribution in [2.45, 2.75) is 30.7 Å². The molecule has 6 N–H and O–H groups in total. The van der Waals surface area contributed by atoms with E-state index < -0.39 is 66.2 Å². The Balaban J connectivity index is 1.48. The Morgan fingerprint density at radius 3 is 2.22 bits per heavy atom. The first-order valence-corrected chi connectivity index (χ1v) is 10.6. The first kappa shape index (κ1) is 25.0. The van der Waals surface area contributed by atoms with Gasteiger partial charge >= 0.3 is 11.6 Å². The van der Waals surface area contributed by atoms with E-state index in [1.54, 1.807) is 30.3 Å². The predicted octanol–water partition coefficient (Wildman–Crippen LogP) is 0.467. The number of phenolic OH excluding ortho intramolecular Hbond substituents is 3. The van der Waals surface area contributed by atoms with Gasteiger partial charge in [0.2, 0.25) is 6.29 Å². The highest BCUT2D eigenvalue weighted by atomic mass is 16.7. The van der Waals surface area contributed by atoms with Crippen LogP contribution in [0.4, 0.5) is 0 Å². The van der Waals surface area contributed by atoms with Crippen LogP contribution < -0.4 is 10.4 Å². The van der Waals surface area contributed by atoms with Crippen molar-refractivity contribution < 1.29 is 54.1 Å². The fourth-order valence-electron chi connectivity index (χ4n) is 3.52. The van der Waals surface area contributed by atoms with Crippen molar-refractivity contribution in [1.82, 2.24) is 0 Å². The lowest BCUT2D eigenvalue weighted by Crippen LogP contribution is -2.60. The van der Waals surface area contributed by atoms with Crippen molar-refractivity contribution in [3.8, 4) is 34.3 Å². The number of aromatic hydroxyl groups is 3. The monoisotopic (exact) mass is 502 g/mol. The largest absolute Gasteiger partial charge is 0.504 e. The van der Waals surface area contributed by atoms with Crippen molar-refractivity contribution in [2.24, 2.45) is 0 Å². The zero-order valence-electron chi connectivity index (χ0n) is 18.4. The van der Waals surface area contributed by atoms with E-state index in [9.17, 15) is 40.2 Å². The minimum atomic E-state index is -1.76. The summed E-state index contributed by atoms with van der Waals surface area (Å²) < 4.78 is 21.2. The predicted molar refractivity (Wildman–Crippen MR) is 119 cm³/mol. The van der Waals surface area contributed by atoms with Gasteiger partial charge < -0.3 is 49.3 Å². The summed E-state index contributed by atoms with van der Waals surface area (Å²) in [6.07, 6.45) is -8.12. The van der Waals surface area contributed by atoms with Crippen LogP contribution in [0.5, 0.6) is 23.0 Å². The molecule has 0 bridgehead atoms. The first-order chi connectivity index (χ1) is 17.1. The summed E-state index contributed by atoms with van der Waals surface area (Å²) in [4.78, 5) is 24.3. The van der Waals surface area contributed by atoms with Crippen molar-refractivity contribution in [2.75, 3.05) is 6.61 Å². The molecule has 5 atom stereocenters. The molecule has 0 unspecified atom stereocenters. The molecule has 1 aliphatic heterocycles. The number of hydrogen-bond donors (Lipinski definition) is 6. The second kappa shape index (κ2) is 10.3. The van der Waals surface area contributed by atoms with Crippen LogP contribution in [0.1, 0.15) is 10.4 Å². The van der Waals surface area contributed by atoms with Crippen molar-refractivity contribution in [3.63, 3.8) is 0 Å². The van der Waals surface area contributed by atoms with Gasteiger partial charge in [0.25, 0.3) is 0 Å². The van der Waals surface area contributed by atoms with Crippen LogP contribution in [-0.2, 0) is 9.47 Å². The molecule has 1 fully saturated rings. The molecule has 4 rings (SSSR count). The Labute approximate surface area is 202 Å². The summed E-state index contributed by atoms with van der Waals surface area (Å²) in [6, 6.07) is 12.7. The first-order valence-electron chi connectivity index (χ1n) is 10.6. The van der Waals surface area contributed by atoms with Gasteiger partial charge in [0.1, 0.15) is 42.5 Å². The Bertz CT molecular complexity index is 1260. The molecule has 0 spiro atoms. The number of rotatable bonds is 6. The molecule has 0 aliphatic carbocycles. The summed E-state index contributed by atoms with van der Waals surface area (Å²) in [6.45, 7) is -0.627. The van der Waals surface area contributed by atoms with Crippen LogP contribution in [-0.4, -0.2) is 73.9 Å². The highest BCUT2D eigenvalue weighted by Gasteiger charge is 2.45. The van der Waals surface area contributed by atoms with Crippen LogP contribution in [0.3, 0.4) is 0 Å². The highest BCUT2D eigenvalue weighted by Crippen LogP contribution is 2.35. The van der Waals surface area contributed by atoms with E-state index in [2.05, 4.69) is 0 Å². The van der Waals surface area contributed by atoms with E-state index in [-0.39, 0.29) is 17.1 Å². The van der Waals surface area contributed by atoms with Gasteiger partial charge in [-0.25, -0.2) is 9.59 Å². The zero-order chi connectivity index (χ0) is 26.0. The highest BCUT2D eigenvalue weighted by molar-refractivity contribution is 5.91. The standard InChI is InChI=1S/C24H22O12/c25-14-6-12(7-15(26)19(14)28)23(32)33-10-17-20(29)21(30)22(31)24(36-17)34-13-8-16(35-18(27)9-13)11-4-2-1-3-5-11/h1-9,17,20-22,24-26,28-31H,10H2/t17-,20-,21+,22-,24-/m1/s1. The average Bonchev–Trinajstić information content (AvgIpc) is 2.86. The van der Waals surface area contributed by atoms with Gasteiger partial charge in [-0.05, 0) is 12.1 Å². The maximum atomic E-state index is 12.3. The molecule has 12 heteroatoms. The minimum Gasteiger partial charge on any atom is -0.504 e. The van der Waals surface area contributed by atoms with Crippen LogP contribution in [0.2, 0.25) is 0 Å². The number of aliphatic hydroxyl groups is 3. The summed E-state index contributed by atoms with van der Waals surface area (Å²) in [5.41, 5.74) is -0.481. The molecule has 1 saturated heterocycles. The van der Waals surface area contributed by atoms with Crippen molar-refractivity contribution in [3.05, 3.63) is 70.6 Å². The molecule has 36 heavy (non-hydrogen) atoms. The van der Waals surface area contributed by atoms with Gasteiger partial charge in [-0.1, -0.05) is 30.3 Å². The summed E-state index contributed by atoms with van der Waals surface area (Å²) in [5, 5.41) is 59.4. The van der Waals surface area contributed by atoms with Gasteiger partial charge in [-0.15, -0.1) is 0 Å². The quantitative estimate of drug-likeness (QED) is 0.202. The van der Waals surface area contributed by atoms with Gasteiger partial charge in [-0.3, -0.25) is 0 Å². The molecule has 190 valence electrons. The Morgan fingerprint density at radius 1 is 0.889 bits per heavy atom. The number of hydrogen-bond acceptors (Lipinski definition) is 12. The molecular formula is C24H22O12. The number of esters is 1. The molecule has 2 heterocycles. The zero-order valence-corrected chi connectivity index (χ0v) is 18.4. The number of aliphatic hydroxyl groups excluding tert-OH is 3. The normalized spacial score (nSPS) is 23.7. The van der Waals surface area contributed by atoms with E-state index in [1.807, 2.05) is 0 Å². The lowest BCUT2D eigenvalue weighted by molar-refractivity contribution is -0.277. The number of carbonyl (C=O) groups is 1. The molecule has 1 aromatic heterocycles. The lowest BCUT2D eigenvalue weighted by Gasteiger charge is -2.39.